The highest BCUT2D eigenvalue weighted by molar-refractivity contribution is 14.1. The lowest BCUT2D eigenvalue weighted by Gasteiger charge is -2.23. The molecule has 2 heteroatoms. The zero-order valence-corrected chi connectivity index (χ0v) is 10.1. The van der Waals surface area contributed by atoms with Crippen molar-refractivity contribution in [3.8, 4) is 0 Å². The smallest absolute Gasteiger partial charge is 0.0107 e. The van der Waals surface area contributed by atoms with Gasteiger partial charge in [0.2, 0.25) is 0 Å². The molecular weight excluding hydrogens is 273 g/mol. The maximum absolute atomic E-state index is 3.66. The average molecular weight is 289 g/mol. The Morgan fingerprint density at radius 2 is 2.31 bits per heavy atom. The average Bonchev–Trinajstić information content (AvgIpc) is 2.89. The quantitative estimate of drug-likeness (QED) is 0.788. The van der Waals surface area contributed by atoms with E-state index in [1.807, 2.05) is 0 Å². The molecule has 0 aromatic carbocycles. The van der Waals surface area contributed by atoms with Crippen molar-refractivity contribution in [2.24, 2.45) is 5.92 Å². The third-order valence-corrected chi connectivity index (χ3v) is 3.61. The maximum Gasteiger partial charge on any atom is 0.0107 e. The van der Waals surface area contributed by atoms with E-state index >= 15 is 0 Å². The predicted octanol–water partition coefficient (Wildman–Crippen LogP) is 3.02. The first-order valence-electron chi connectivity index (χ1n) is 5.05. The molecule has 0 spiro atoms. The summed E-state index contributed by atoms with van der Waals surface area (Å²) >= 11 is 2.38. The van der Waals surface area contributed by atoms with Crippen molar-refractivity contribution in [3.05, 3.63) is 21.8 Å². The van der Waals surface area contributed by atoms with Crippen LogP contribution in [0.15, 0.2) is 21.8 Å². The van der Waals surface area contributed by atoms with E-state index in [1.54, 1.807) is 0 Å². The first-order valence-corrected chi connectivity index (χ1v) is 6.13. The molecule has 1 unspecified atom stereocenters. The van der Waals surface area contributed by atoms with E-state index < -0.39 is 0 Å². The summed E-state index contributed by atoms with van der Waals surface area (Å²) in [6, 6.07) is 1.47. The van der Waals surface area contributed by atoms with E-state index in [-0.39, 0.29) is 0 Å². The van der Waals surface area contributed by atoms with Crippen molar-refractivity contribution in [2.75, 3.05) is 0 Å². The molecule has 1 saturated carbocycles. The molecule has 1 fully saturated rings. The van der Waals surface area contributed by atoms with Gasteiger partial charge in [-0.15, -0.1) is 0 Å². The van der Waals surface area contributed by atoms with Crippen LogP contribution in [0.1, 0.15) is 26.2 Å². The SMILES string of the molecule is CC(NC1CC1)[C@@H]1C=CC(I)=CC1. The van der Waals surface area contributed by atoms with Gasteiger partial charge in [0.05, 0.1) is 0 Å². The molecule has 2 aliphatic carbocycles. The van der Waals surface area contributed by atoms with Crippen molar-refractivity contribution in [3.63, 3.8) is 0 Å². The number of hydrogen-bond acceptors (Lipinski definition) is 1. The van der Waals surface area contributed by atoms with Crippen LogP contribution in [0.25, 0.3) is 0 Å². The van der Waals surface area contributed by atoms with Crippen molar-refractivity contribution >= 4 is 22.6 Å². The summed E-state index contributed by atoms with van der Waals surface area (Å²) < 4.78 is 1.38. The second-order valence-corrected chi connectivity index (χ2v) is 5.32. The maximum atomic E-state index is 3.66. The van der Waals surface area contributed by atoms with Crippen molar-refractivity contribution in [2.45, 2.75) is 38.3 Å². The Bertz CT molecular complexity index is 240. The molecule has 0 aliphatic heterocycles. The van der Waals surface area contributed by atoms with Crippen molar-refractivity contribution in [1.82, 2.24) is 5.32 Å². The van der Waals surface area contributed by atoms with Gasteiger partial charge in [-0.05, 0) is 54.7 Å². The molecule has 0 amide bonds. The van der Waals surface area contributed by atoms with E-state index in [2.05, 4.69) is 53.1 Å². The second-order valence-electron chi connectivity index (χ2n) is 4.08. The van der Waals surface area contributed by atoms with Crippen LogP contribution in [0.4, 0.5) is 0 Å². The van der Waals surface area contributed by atoms with Gasteiger partial charge in [0.15, 0.2) is 0 Å². The molecular formula is C11H16IN. The third-order valence-electron chi connectivity index (χ3n) is 2.81. The van der Waals surface area contributed by atoms with Crippen LogP contribution in [0.5, 0.6) is 0 Å². The Labute approximate surface area is 93.8 Å². The fourth-order valence-electron chi connectivity index (χ4n) is 1.73. The van der Waals surface area contributed by atoms with E-state index in [0.717, 1.165) is 6.04 Å². The molecule has 2 rings (SSSR count). The zero-order valence-electron chi connectivity index (χ0n) is 7.96. The highest BCUT2D eigenvalue weighted by Crippen LogP contribution is 2.26. The molecule has 2 atom stereocenters. The summed E-state index contributed by atoms with van der Waals surface area (Å²) in [5, 5.41) is 3.66. The Kier molecular flexibility index (Phi) is 3.09. The van der Waals surface area contributed by atoms with Crippen molar-refractivity contribution < 1.29 is 0 Å². The molecule has 1 nitrogen and oxygen atoms in total. The molecule has 1 N–H and O–H groups in total. The Morgan fingerprint density at radius 1 is 1.54 bits per heavy atom. The topological polar surface area (TPSA) is 12.0 Å². The van der Waals surface area contributed by atoms with E-state index in [4.69, 9.17) is 0 Å². The molecule has 0 aromatic heterocycles. The Balaban J connectivity index is 1.83. The zero-order chi connectivity index (χ0) is 9.26. The molecule has 0 saturated heterocycles. The first-order chi connectivity index (χ1) is 6.25. The fraction of sp³-hybridized carbons (Fsp3) is 0.636. The Morgan fingerprint density at radius 3 is 2.85 bits per heavy atom. The van der Waals surface area contributed by atoms with Crippen LogP contribution in [-0.2, 0) is 0 Å². The van der Waals surface area contributed by atoms with Crippen LogP contribution in [-0.4, -0.2) is 12.1 Å². The van der Waals surface area contributed by atoms with Gasteiger partial charge in [-0.25, -0.2) is 0 Å². The minimum Gasteiger partial charge on any atom is -0.311 e. The largest absolute Gasteiger partial charge is 0.311 e. The number of allylic oxidation sites excluding steroid dienone is 3. The summed E-state index contributed by atoms with van der Waals surface area (Å²) in [6.07, 6.45) is 10.9. The van der Waals surface area contributed by atoms with Crippen molar-refractivity contribution in [1.29, 1.82) is 0 Å². The molecule has 0 radical (unpaired) electrons. The Hall–Kier alpha value is 0.170. The number of rotatable bonds is 3. The van der Waals surface area contributed by atoms with Crippen LogP contribution < -0.4 is 5.32 Å². The fourth-order valence-corrected chi connectivity index (χ4v) is 2.19. The number of nitrogens with one attached hydrogen (secondary N) is 1. The lowest BCUT2D eigenvalue weighted by Crippen LogP contribution is -2.34. The van der Waals surface area contributed by atoms with Gasteiger partial charge in [0.1, 0.15) is 0 Å². The first kappa shape index (κ1) is 9.71. The second kappa shape index (κ2) is 4.13. The normalized spacial score (nSPS) is 30.0. The summed E-state index contributed by atoms with van der Waals surface area (Å²) in [5.74, 6) is 0.708. The highest BCUT2D eigenvalue weighted by atomic mass is 127. The van der Waals surface area contributed by atoms with Crippen LogP contribution in [0.3, 0.4) is 0 Å². The summed E-state index contributed by atoms with van der Waals surface area (Å²) in [7, 11) is 0. The van der Waals surface area contributed by atoms with Gasteiger partial charge >= 0.3 is 0 Å². The number of hydrogen-bond donors (Lipinski definition) is 1. The molecule has 0 aromatic rings. The van der Waals surface area contributed by atoms with Gasteiger partial charge < -0.3 is 5.32 Å². The summed E-state index contributed by atoms with van der Waals surface area (Å²) in [6.45, 7) is 2.30. The van der Waals surface area contributed by atoms with Gasteiger partial charge in [-0.2, -0.15) is 0 Å². The third kappa shape index (κ3) is 2.81. The highest BCUT2D eigenvalue weighted by Gasteiger charge is 2.25. The molecule has 2 aliphatic rings. The van der Waals surface area contributed by atoms with Crippen LogP contribution in [0, 0.1) is 5.92 Å². The van der Waals surface area contributed by atoms with Gasteiger partial charge in [0.25, 0.3) is 0 Å². The minimum atomic E-state index is 0.643. The molecule has 13 heavy (non-hydrogen) atoms. The lowest BCUT2D eigenvalue weighted by molar-refractivity contribution is 0.433. The van der Waals surface area contributed by atoms with Crippen LogP contribution >= 0.6 is 22.6 Å². The van der Waals surface area contributed by atoms with E-state index in [1.165, 1.54) is 22.8 Å². The van der Waals surface area contributed by atoms with E-state index in [0.29, 0.717) is 12.0 Å². The number of halogens is 1. The molecule has 0 bridgehead atoms. The minimum absolute atomic E-state index is 0.643. The predicted molar refractivity (Wildman–Crippen MR) is 65.0 cm³/mol. The summed E-state index contributed by atoms with van der Waals surface area (Å²) in [4.78, 5) is 0. The summed E-state index contributed by atoms with van der Waals surface area (Å²) in [5.41, 5.74) is 0. The standard InChI is InChI=1S/C11H16IN/c1-8(13-11-6-7-11)9-2-4-10(12)5-3-9/h2,4-5,8-9,11,13H,3,6-7H2,1H3/t8?,9-/m1/s1. The molecule has 72 valence electrons. The lowest BCUT2D eigenvalue weighted by atomic mass is 9.94. The van der Waals surface area contributed by atoms with E-state index in [9.17, 15) is 0 Å². The monoisotopic (exact) mass is 289 g/mol. The van der Waals surface area contributed by atoms with Gasteiger partial charge in [-0.1, -0.05) is 18.2 Å². The molecule has 0 heterocycles. The van der Waals surface area contributed by atoms with Crippen LogP contribution in [0.2, 0.25) is 0 Å². The van der Waals surface area contributed by atoms with Gasteiger partial charge in [0, 0.05) is 15.7 Å². The van der Waals surface area contributed by atoms with Gasteiger partial charge in [-0.3, -0.25) is 0 Å².